The second kappa shape index (κ2) is 10.7. The Balaban J connectivity index is 1.39. The zero-order chi connectivity index (χ0) is 25.9. The van der Waals surface area contributed by atoms with Crippen LogP contribution in [0.3, 0.4) is 0 Å². The fraction of sp³-hybridized carbons (Fsp3) is 0.273. The molecule has 1 saturated carbocycles. The van der Waals surface area contributed by atoms with E-state index in [0.29, 0.717) is 18.0 Å². The van der Waals surface area contributed by atoms with E-state index < -0.39 is 0 Å². The molecule has 0 spiro atoms. The standard InChI is InChI=1S/C33H34N4O/c34-26-14-16-27(17-15-26)36-33(38)19-29(25-18-24-10-4-6-12-31(24)35-20-25)30-22-37(21-23-8-2-1-3-9-23)32-13-7-5-11-28(30)32/h4-7,10-18,20,22-23,29H,1-3,8-9,19,21,34H2,(H,36,38). The molecule has 0 aliphatic heterocycles. The highest BCUT2D eigenvalue weighted by atomic mass is 16.1. The molecule has 38 heavy (non-hydrogen) atoms. The minimum atomic E-state index is -0.126. The Hall–Kier alpha value is -4.12. The van der Waals surface area contributed by atoms with Gasteiger partial charge in [-0.25, -0.2) is 0 Å². The largest absolute Gasteiger partial charge is 0.399 e. The van der Waals surface area contributed by atoms with Crippen molar-refractivity contribution in [1.29, 1.82) is 0 Å². The molecule has 1 aliphatic carbocycles. The number of carbonyl (C=O) groups is 1. The van der Waals surface area contributed by atoms with Crippen molar-refractivity contribution in [1.82, 2.24) is 9.55 Å². The van der Waals surface area contributed by atoms with Gasteiger partial charge in [-0.05, 0) is 72.4 Å². The van der Waals surface area contributed by atoms with E-state index in [1.54, 1.807) is 12.1 Å². The van der Waals surface area contributed by atoms with Crippen molar-refractivity contribution in [2.24, 2.45) is 5.92 Å². The van der Waals surface area contributed by atoms with Crippen molar-refractivity contribution in [2.75, 3.05) is 11.1 Å². The van der Waals surface area contributed by atoms with E-state index in [-0.39, 0.29) is 11.8 Å². The number of hydrogen-bond donors (Lipinski definition) is 2. The number of carbonyl (C=O) groups excluding carboxylic acids is 1. The van der Waals surface area contributed by atoms with Crippen molar-refractivity contribution in [3.8, 4) is 0 Å². The molecular formula is C33H34N4O. The van der Waals surface area contributed by atoms with Gasteiger partial charge in [0.1, 0.15) is 0 Å². The number of fused-ring (bicyclic) bond motifs is 2. The van der Waals surface area contributed by atoms with Gasteiger partial charge in [0.15, 0.2) is 0 Å². The van der Waals surface area contributed by atoms with Gasteiger partial charge in [0.25, 0.3) is 0 Å². The highest BCUT2D eigenvalue weighted by Gasteiger charge is 2.25. The van der Waals surface area contributed by atoms with Crippen molar-refractivity contribution in [2.45, 2.75) is 51.0 Å². The Kier molecular flexibility index (Phi) is 6.82. The summed E-state index contributed by atoms with van der Waals surface area (Å²) < 4.78 is 2.43. The van der Waals surface area contributed by atoms with Crippen LogP contribution in [0.25, 0.3) is 21.8 Å². The molecule has 5 nitrogen and oxygen atoms in total. The van der Waals surface area contributed by atoms with Crippen LogP contribution < -0.4 is 11.1 Å². The third-order valence-electron chi connectivity index (χ3n) is 7.97. The first kappa shape index (κ1) is 24.2. The molecular weight excluding hydrogens is 468 g/mol. The van der Waals surface area contributed by atoms with Crippen LogP contribution in [0.2, 0.25) is 0 Å². The third-order valence-corrected chi connectivity index (χ3v) is 7.97. The number of benzene rings is 3. The molecule has 3 aromatic carbocycles. The lowest BCUT2D eigenvalue weighted by Gasteiger charge is -2.22. The number of rotatable bonds is 7. The minimum Gasteiger partial charge on any atom is -0.399 e. The maximum atomic E-state index is 13.4. The summed E-state index contributed by atoms with van der Waals surface area (Å²) in [6, 6.07) is 26.3. The molecule has 1 aliphatic rings. The van der Waals surface area contributed by atoms with Crippen LogP contribution in [-0.2, 0) is 11.3 Å². The van der Waals surface area contributed by atoms with Crippen LogP contribution in [0, 0.1) is 5.92 Å². The van der Waals surface area contributed by atoms with Crippen molar-refractivity contribution in [3.05, 3.63) is 102 Å². The molecule has 0 radical (unpaired) electrons. The number of pyridine rings is 1. The van der Waals surface area contributed by atoms with Crippen molar-refractivity contribution >= 4 is 39.1 Å². The molecule has 2 aromatic heterocycles. The second-order valence-electron chi connectivity index (χ2n) is 10.6. The van der Waals surface area contributed by atoms with Crippen LogP contribution in [0.5, 0.6) is 0 Å². The highest BCUT2D eigenvalue weighted by Crippen LogP contribution is 2.37. The number of aromatic nitrogens is 2. The Morgan fingerprint density at radius 2 is 1.74 bits per heavy atom. The lowest BCUT2D eigenvalue weighted by molar-refractivity contribution is -0.116. The van der Waals surface area contributed by atoms with Crippen molar-refractivity contribution in [3.63, 3.8) is 0 Å². The van der Waals surface area contributed by atoms with Crippen molar-refractivity contribution < 1.29 is 4.79 Å². The summed E-state index contributed by atoms with van der Waals surface area (Å²) in [5.41, 5.74) is 11.7. The number of amides is 1. The van der Waals surface area contributed by atoms with E-state index in [1.807, 2.05) is 36.5 Å². The summed E-state index contributed by atoms with van der Waals surface area (Å²) >= 11 is 0. The van der Waals surface area contributed by atoms with Gasteiger partial charge >= 0.3 is 0 Å². The van der Waals surface area contributed by atoms with Gasteiger partial charge in [-0.2, -0.15) is 0 Å². The summed E-state index contributed by atoms with van der Waals surface area (Å²) in [5, 5.41) is 5.37. The van der Waals surface area contributed by atoms with Gasteiger partial charge in [-0.3, -0.25) is 9.78 Å². The average Bonchev–Trinajstić information content (AvgIpc) is 3.31. The average molecular weight is 503 g/mol. The fourth-order valence-electron chi connectivity index (χ4n) is 6.00. The maximum Gasteiger partial charge on any atom is 0.225 e. The van der Waals surface area contributed by atoms with Gasteiger partial charge < -0.3 is 15.6 Å². The fourth-order valence-corrected chi connectivity index (χ4v) is 6.00. The number of hydrogen-bond acceptors (Lipinski definition) is 3. The summed E-state index contributed by atoms with van der Waals surface area (Å²) in [4.78, 5) is 18.2. The third kappa shape index (κ3) is 5.14. The summed E-state index contributed by atoms with van der Waals surface area (Å²) in [7, 11) is 0. The van der Waals surface area contributed by atoms with Gasteiger partial charge in [0.2, 0.25) is 5.91 Å². The van der Waals surface area contributed by atoms with Gasteiger partial charge in [-0.15, -0.1) is 0 Å². The monoisotopic (exact) mass is 502 g/mol. The van der Waals surface area contributed by atoms with Crippen LogP contribution in [0.1, 0.15) is 55.6 Å². The maximum absolute atomic E-state index is 13.4. The Labute approximate surface area is 223 Å². The quantitative estimate of drug-likeness (QED) is 0.226. The highest BCUT2D eigenvalue weighted by molar-refractivity contribution is 5.93. The van der Waals surface area contributed by atoms with E-state index in [2.05, 4.69) is 52.5 Å². The van der Waals surface area contributed by atoms with Gasteiger partial charge in [0, 0.05) is 58.9 Å². The number of nitrogens with one attached hydrogen (secondary N) is 1. The first-order valence-electron chi connectivity index (χ1n) is 13.7. The number of anilines is 2. The molecule has 6 rings (SSSR count). The first-order valence-corrected chi connectivity index (χ1v) is 13.7. The Bertz CT molecular complexity index is 1560. The topological polar surface area (TPSA) is 72.9 Å². The molecule has 5 aromatic rings. The lowest BCUT2D eigenvalue weighted by atomic mass is 9.88. The molecule has 1 amide bonds. The molecule has 1 unspecified atom stereocenters. The molecule has 0 bridgehead atoms. The van der Waals surface area contributed by atoms with Gasteiger partial charge in [-0.1, -0.05) is 55.7 Å². The molecule has 0 saturated heterocycles. The molecule has 192 valence electrons. The van der Waals surface area contributed by atoms with Gasteiger partial charge in [0.05, 0.1) is 5.52 Å². The number of para-hydroxylation sites is 2. The smallest absolute Gasteiger partial charge is 0.225 e. The first-order chi connectivity index (χ1) is 18.6. The van der Waals surface area contributed by atoms with Crippen LogP contribution >= 0.6 is 0 Å². The second-order valence-corrected chi connectivity index (χ2v) is 10.6. The zero-order valence-corrected chi connectivity index (χ0v) is 21.6. The number of nitrogen functional groups attached to an aromatic ring is 1. The molecule has 5 heteroatoms. The summed E-state index contributed by atoms with van der Waals surface area (Å²) in [6.07, 6.45) is 11.2. The van der Waals surface area contributed by atoms with E-state index in [4.69, 9.17) is 10.7 Å². The van der Waals surface area contributed by atoms with E-state index in [0.717, 1.165) is 28.7 Å². The summed E-state index contributed by atoms with van der Waals surface area (Å²) in [6.45, 7) is 1.03. The molecule has 1 fully saturated rings. The lowest BCUT2D eigenvalue weighted by Crippen LogP contribution is -2.17. The van der Waals surface area contributed by atoms with E-state index in [9.17, 15) is 4.79 Å². The Morgan fingerprint density at radius 1 is 0.974 bits per heavy atom. The number of nitrogens with two attached hydrogens (primary N) is 1. The molecule has 2 heterocycles. The zero-order valence-electron chi connectivity index (χ0n) is 21.6. The Morgan fingerprint density at radius 3 is 2.58 bits per heavy atom. The van der Waals surface area contributed by atoms with Crippen LogP contribution in [-0.4, -0.2) is 15.5 Å². The van der Waals surface area contributed by atoms with E-state index >= 15 is 0 Å². The van der Waals surface area contributed by atoms with Crippen LogP contribution in [0.15, 0.2) is 91.3 Å². The number of nitrogens with zero attached hydrogens (tertiary/aromatic N) is 2. The SMILES string of the molecule is Nc1ccc(NC(=O)CC(c2cnc3ccccc3c2)c2cn(CC3CCCCC3)c3ccccc23)cc1. The normalized spacial score (nSPS) is 15.1. The minimum absolute atomic E-state index is 0.0305. The van der Waals surface area contributed by atoms with Crippen LogP contribution in [0.4, 0.5) is 11.4 Å². The molecule has 3 N–H and O–H groups in total. The predicted molar refractivity (Wildman–Crippen MR) is 156 cm³/mol. The molecule has 1 atom stereocenters. The summed E-state index contributed by atoms with van der Waals surface area (Å²) in [5.74, 6) is 0.553. The van der Waals surface area contributed by atoms with E-state index in [1.165, 1.54) is 48.6 Å². The predicted octanol–water partition coefficient (Wildman–Crippen LogP) is 7.51.